The zero-order valence-electron chi connectivity index (χ0n) is 30.7. The van der Waals surface area contributed by atoms with E-state index in [4.69, 9.17) is 16.2 Å². The Morgan fingerprint density at radius 2 is 1.33 bits per heavy atom. The monoisotopic (exact) mass is 751 g/mol. The number of fused-ring (bicyclic) bond motifs is 2. The van der Waals surface area contributed by atoms with Crippen LogP contribution in [0.3, 0.4) is 0 Å². The zero-order valence-corrected chi connectivity index (χ0v) is 30.7. The summed E-state index contributed by atoms with van der Waals surface area (Å²) in [5.74, 6) is -1.66. The van der Waals surface area contributed by atoms with Crippen LogP contribution < -0.4 is 26.8 Å². The molecule has 0 aliphatic rings. The SMILES string of the molecule is CCn1nc(C)cc1C(=O)Nc1nc2cc(C(N)=O)cnc2n1C/C=C/Cn1c(NC(=O)c2cc(C)nn2CC)nc2cc(C(N)=O)cc(OCCCO)c21. The topological polar surface area (TPSA) is 258 Å². The van der Waals surface area contributed by atoms with Crippen molar-refractivity contribution in [3.05, 3.63) is 82.6 Å². The molecule has 0 spiro atoms. The Hall–Kier alpha value is -6.89. The number of amides is 4. The van der Waals surface area contributed by atoms with Crippen molar-refractivity contribution in [1.29, 1.82) is 0 Å². The summed E-state index contributed by atoms with van der Waals surface area (Å²) in [5.41, 5.74) is 15.0. The van der Waals surface area contributed by atoms with E-state index in [-0.39, 0.29) is 55.1 Å². The Bertz CT molecular complexity index is 2470. The first-order chi connectivity index (χ1) is 26.4. The van der Waals surface area contributed by atoms with Crippen molar-refractivity contribution in [2.24, 2.45) is 11.5 Å². The number of allylic oxidation sites excluding steroid dienone is 2. The molecule has 19 nitrogen and oxygen atoms in total. The summed E-state index contributed by atoms with van der Waals surface area (Å²) in [4.78, 5) is 64.9. The summed E-state index contributed by atoms with van der Waals surface area (Å²) in [6.07, 6.45) is 5.28. The molecule has 0 radical (unpaired) electrons. The van der Waals surface area contributed by atoms with Gasteiger partial charge in [0.15, 0.2) is 5.65 Å². The van der Waals surface area contributed by atoms with Crippen LogP contribution in [0.4, 0.5) is 11.9 Å². The Balaban J connectivity index is 1.38. The Morgan fingerprint density at radius 3 is 1.89 bits per heavy atom. The van der Waals surface area contributed by atoms with Gasteiger partial charge < -0.3 is 25.9 Å². The molecule has 0 atom stereocenters. The molecule has 19 heteroatoms. The molecule has 0 fully saturated rings. The number of rotatable bonds is 16. The number of pyridine rings is 1. The largest absolute Gasteiger partial charge is 0.491 e. The normalized spacial score (nSPS) is 11.5. The van der Waals surface area contributed by atoms with E-state index in [1.54, 1.807) is 56.6 Å². The predicted octanol–water partition coefficient (Wildman–Crippen LogP) is 2.55. The zero-order chi connectivity index (χ0) is 39.4. The van der Waals surface area contributed by atoms with Crippen molar-refractivity contribution in [1.82, 2.24) is 43.6 Å². The highest BCUT2D eigenvalue weighted by atomic mass is 16.5. The van der Waals surface area contributed by atoms with Crippen LogP contribution in [0.15, 0.2) is 48.7 Å². The van der Waals surface area contributed by atoms with E-state index in [0.717, 1.165) is 0 Å². The van der Waals surface area contributed by atoms with Gasteiger partial charge >= 0.3 is 0 Å². The average Bonchev–Trinajstić information content (AvgIpc) is 3.92. The highest BCUT2D eigenvalue weighted by Gasteiger charge is 2.23. The Kier molecular flexibility index (Phi) is 11.0. The summed E-state index contributed by atoms with van der Waals surface area (Å²) >= 11 is 0. The number of aromatic nitrogens is 9. The van der Waals surface area contributed by atoms with Crippen LogP contribution in [0.25, 0.3) is 22.2 Å². The number of carbonyl (C=O) groups is 4. The van der Waals surface area contributed by atoms with Crippen LogP contribution in [-0.4, -0.2) is 85.6 Å². The van der Waals surface area contributed by atoms with E-state index in [1.807, 2.05) is 13.8 Å². The van der Waals surface area contributed by atoms with E-state index in [0.29, 0.717) is 64.5 Å². The molecule has 286 valence electrons. The van der Waals surface area contributed by atoms with Crippen LogP contribution in [0.5, 0.6) is 5.75 Å². The first-order valence-electron chi connectivity index (χ1n) is 17.5. The summed E-state index contributed by atoms with van der Waals surface area (Å²) in [7, 11) is 0. The highest BCUT2D eigenvalue weighted by molar-refractivity contribution is 6.05. The van der Waals surface area contributed by atoms with Crippen LogP contribution >= 0.6 is 0 Å². The molecule has 7 N–H and O–H groups in total. The van der Waals surface area contributed by atoms with Crippen LogP contribution in [-0.2, 0) is 26.2 Å². The van der Waals surface area contributed by atoms with Crippen LogP contribution in [0.2, 0.25) is 0 Å². The number of hydrogen-bond acceptors (Lipinski definition) is 11. The molecule has 6 rings (SSSR count). The van der Waals surface area contributed by atoms with E-state index in [2.05, 4.69) is 35.8 Å². The second kappa shape index (κ2) is 16.0. The summed E-state index contributed by atoms with van der Waals surface area (Å²) < 4.78 is 12.5. The summed E-state index contributed by atoms with van der Waals surface area (Å²) in [6, 6.07) is 7.85. The lowest BCUT2D eigenvalue weighted by Gasteiger charge is -2.13. The molecular weight excluding hydrogens is 710 g/mol. The lowest BCUT2D eigenvalue weighted by atomic mass is 10.1. The number of aliphatic hydroxyl groups is 1. The number of imidazole rings is 2. The fraction of sp³-hybridized carbons (Fsp3) is 0.306. The van der Waals surface area contributed by atoms with Crippen LogP contribution in [0.1, 0.15) is 73.3 Å². The van der Waals surface area contributed by atoms with E-state index < -0.39 is 23.6 Å². The van der Waals surface area contributed by atoms with Crippen LogP contribution in [0, 0.1) is 13.8 Å². The minimum absolute atomic E-state index is 0.113. The van der Waals surface area contributed by atoms with Crippen molar-refractivity contribution in [3.8, 4) is 5.75 Å². The van der Waals surface area contributed by atoms with Gasteiger partial charge in [0, 0.05) is 51.0 Å². The molecule has 0 aliphatic heterocycles. The van der Waals surface area contributed by atoms with E-state index >= 15 is 0 Å². The molecule has 0 saturated heterocycles. The summed E-state index contributed by atoms with van der Waals surface area (Å²) in [6.45, 7) is 8.60. The maximum atomic E-state index is 13.6. The predicted molar refractivity (Wildman–Crippen MR) is 202 cm³/mol. The highest BCUT2D eigenvalue weighted by Crippen LogP contribution is 2.31. The molecular formula is C36H41N13O6. The number of carbonyl (C=O) groups excluding carboxylic acids is 4. The standard InChI is InChI=1S/C36H41N13O6/c1-5-48-26(14-20(3)44-48)33(53)42-35-40-24-16-22(30(37)51)18-28(55-13-9-12-50)29(24)46(35)10-7-8-11-47-32-25(17-23(19-39-32)31(38)52)41-36(47)43-34(54)27-15-21(4)45-49(27)6-2/h7-8,14-19,50H,5-6,9-13H2,1-4H3,(H2,37,51)(H2,38,52)(H,40,42,53)(H,41,43,54)/b8-7+. The maximum absolute atomic E-state index is 13.6. The summed E-state index contributed by atoms with van der Waals surface area (Å²) in [5, 5.41) is 23.9. The third-order valence-corrected chi connectivity index (χ3v) is 8.58. The van der Waals surface area contributed by atoms with Gasteiger partial charge in [-0.1, -0.05) is 12.2 Å². The van der Waals surface area contributed by atoms with Crippen molar-refractivity contribution in [2.45, 2.75) is 60.3 Å². The number of nitrogens with zero attached hydrogens (tertiary/aromatic N) is 9. The lowest BCUT2D eigenvalue weighted by Crippen LogP contribution is -2.20. The van der Waals surface area contributed by atoms with Crippen molar-refractivity contribution < 1.29 is 29.0 Å². The Labute approximate surface area is 314 Å². The molecule has 5 heterocycles. The molecule has 1 aromatic carbocycles. The fourth-order valence-electron chi connectivity index (χ4n) is 6.05. The van der Waals surface area contributed by atoms with Gasteiger partial charge in [0.2, 0.25) is 23.7 Å². The molecule has 4 amide bonds. The second-order valence-electron chi connectivity index (χ2n) is 12.5. The number of primary amides is 2. The molecule has 5 aromatic heterocycles. The molecule has 6 aromatic rings. The van der Waals surface area contributed by atoms with Gasteiger partial charge in [-0.15, -0.1) is 0 Å². The maximum Gasteiger partial charge on any atom is 0.276 e. The molecule has 0 bridgehead atoms. The number of ether oxygens (including phenoxy) is 1. The minimum Gasteiger partial charge on any atom is -0.491 e. The van der Waals surface area contributed by atoms with E-state index in [1.165, 1.54) is 24.4 Å². The van der Waals surface area contributed by atoms with Crippen molar-refractivity contribution in [3.63, 3.8) is 0 Å². The average molecular weight is 752 g/mol. The number of hydrogen-bond donors (Lipinski definition) is 5. The first kappa shape index (κ1) is 37.9. The lowest BCUT2D eigenvalue weighted by molar-refractivity contribution is 0.0991. The minimum atomic E-state index is -0.697. The second-order valence-corrected chi connectivity index (χ2v) is 12.5. The molecule has 0 aliphatic carbocycles. The van der Waals surface area contributed by atoms with Gasteiger partial charge in [-0.2, -0.15) is 10.2 Å². The number of benzene rings is 1. The van der Waals surface area contributed by atoms with Gasteiger partial charge in [0.25, 0.3) is 11.8 Å². The third-order valence-electron chi connectivity index (χ3n) is 8.58. The third kappa shape index (κ3) is 7.91. The number of anilines is 2. The number of aryl methyl sites for hydroxylation is 4. The van der Waals surface area contributed by atoms with Crippen molar-refractivity contribution in [2.75, 3.05) is 23.8 Å². The fourth-order valence-corrected chi connectivity index (χ4v) is 6.05. The molecule has 0 unspecified atom stereocenters. The van der Waals surface area contributed by atoms with Gasteiger partial charge in [-0.25, -0.2) is 15.0 Å². The van der Waals surface area contributed by atoms with Gasteiger partial charge in [-0.05, 0) is 58.0 Å². The van der Waals surface area contributed by atoms with E-state index in [9.17, 15) is 24.3 Å². The Morgan fingerprint density at radius 1 is 0.782 bits per heavy atom. The van der Waals surface area contributed by atoms with Gasteiger partial charge in [0.05, 0.1) is 29.1 Å². The number of nitrogens with two attached hydrogens (primary N) is 2. The molecule has 0 saturated carbocycles. The quantitative estimate of drug-likeness (QED) is 0.0709. The van der Waals surface area contributed by atoms with Gasteiger partial charge in [-0.3, -0.25) is 43.7 Å². The number of nitrogens with one attached hydrogen (secondary N) is 2. The van der Waals surface area contributed by atoms with Gasteiger partial charge in [0.1, 0.15) is 28.2 Å². The van der Waals surface area contributed by atoms with Crippen molar-refractivity contribution >= 4 is 57.7 Å². The number of aliphatic hydroxyl groups excluding tert-OH is 1. The first-order valence-corrected chi connectivity index (χ1v) is 17.5. The molecule has 55 heavy (non-hydrogen) atoms. The smallest absolute Gasteiger partial charge is 0.276 e.